The molecule has 2 N–H and O–H groups in total. The summed E-state index contributed by atoms with van der Waals surface area (Å²) in [6.45, 7) is 4.89. The molecule has 3 atom stereocenters. The fourth-order valence-corrected chi connectivity index (χ4v) is 3.02. The molecule has 2 fully saturated rings. The Balaban J connectivity index is 2.05. The van der Waals surface area contributed by atoms with Crippen molar-refractivity contribution in [2.45, 2.75) is 38.3 Å². The number of amides is 1. The van der Waals surface area contributed by atoms with E-state index in [0.29, 0.717) is 12.6 Å². The number of likely N-dealkylation sites (tertiary alicyclic amines) is 2. The van der Waals surface area contributed by atoms with E-state index in [2.05, 4.69) is 11.8 Å². The Labute approximate surface area is 97.8 Å². The van der Waals surface area contributed by atoms with Crippen LogP contribution >= 0.6 is 0 Å². The molecule has 4 nitrogen and oxygen atoms in total. The van der Waals surface area contributed by atoms with Crippen LogP contribution in [0.4, 0.5) is 0 Å². The van der Waals surface area contributed by atoms with Crippen molar-refractivity contribution in [2.24, 2.45) is 11.7 Å². The number of hydrogen-bond donors (Lipinski definition) is 1. The van der Waals surface area contributed by atoms with Gasteiger partial charge < -0.3 is 10.6 Å². The average Bonchev–Trinajstić information content (AvgIpc) is 2.60. The van der Waals surface area contributed by atoms with Gasteiger partial charge in [0.2, 0.25) is 5.91 Å². The molecule has 0 bridgehead atoms. The normalized spacial score (nSPS) is 37.1. The number of rotatable bonds is 2. The molecule has 0 aromatic rings. The first-order chi connectivity index (χ1) is 7.63. The lowest BCUT2D eigenvalue weighted by Gasteiger charge is -2.40. The van der Waals surface area contributed by atoms with Gasteiger partial charge in [0.15, 0.2) is 0 Å². The molecule has 0 spiro atoms. The summed E-state index contributed by atoms with van der Waals surface area (Å²) in [4.78, 5) is 16.2. The van der Waals surface area contributed by atoms with Crippen LogP contribution in [0.1, 0.15) is 26.2 Å². The molecular formula is C12H23N3O. The molecule has 0 aromatic carbocycles. The molecule has 92 valence electrons. The zero-order chi connectivity index (χ0) is 11.7. The van der Waals surface area contributed by atoms with Crippen LogP contribution in [0.2, 0.25) is 0 Å². The van der Waals surface area contributed by atoms with Crippen LogP contribution in [0.5, 0.6) is 0 Å². The van der Waals surface area contributed by atoms with Crippen LogP contribution in [0.25, 0.3) is 0 Å². The summed E-state index contributed by atoms with van der Waals surface area (Å²) in [5.41, 5.74) is 5.84. The van der Waals surface area contributed by atoms with Crippen LogP contribution in [-0.2, 0) is 4.79 Å². The molecule has 0 saturated carbocycles. The predicted molar refractivity (Wildman–Crippen MR) is 64.0 cm³/mol. The number of carbonyl (C=O) groups excluding carboxylic acids is 1. The van der Waals surface area contributed by atoms with E-state index in [1.54, 1.807) is 0 Å². The fourth-order valence-electron chi connectivity index (χ4n) is 3.02. The Morgan fingerprint density at radius 1 is 1.38 bits per heavy atom. The van der Waals surface area contributed by atoms with Gasteiger partial charge in [0, 0.05) is 26.2 Å². The lowest BCUT2D eigenvalue weighted by atomic mass is 9.91. The van der Waals surface area contributed by atoms with E-state index in [1.165, 1.54) is 6.42 Å². The number of hydrogen-bond acceptors (Lipinski definition) is 3. The smallest absolute Gasteiger partial charge is 0.239 e. The van der Waals surface area contributed by atoms with Crippen molar-refractivity contribution in [1.29, 1.82) is 0 Å². The quantitative estimate of drug-likeness (QED) is 0.734. The molecule has 0 aliphatic carbocycles. The molecule has 2 heterocycles. The van der Waals surface area contributed by atoms with Crippen molar-refractivity contribution in [2.75, 3.05) is 26.7 Å². The molecule has 2 rings (SSSR count). The number of likely N-dealkylation sites (N-methyl/N-ethyl adjacent to an activating group) is 1. The first kappa shape index (κ1) is 11.9. The number of nitrogens with two attached hydrogens (primary N) is 1. The van der Waals surface area contributed by atoms with Gasteiger partial charge in [0.1, 0.15) is 0 Å². The zero-order valence-electron chi connectivity index (χ0n) is 10.4. The van der Waals surface area contributed by atoms with Gasteiger partial charge in [-0.15, -0.1) is 0 Å². The van der Waals surface area contributed by atoms with E-state index >= 15 is 0 Å². The van der Waals surface area contributed by atoms with E-state index in [4.69, 9.17) is 5.73 Å². The lowest BCUT2D eigenvalue weighted by molar-refractivity contribution is -0.132. The highest BCUT2D eigenvalue weighted by molar-refractivity contribution is 5.83. The topological polar surface area (TPSA) is 49.6 Å². The molecule has 0 radical (unpaired) electrons. The third-order valence-electron chi connectivity index (χ3n) is 4.10. The number of carbonyl (C=O) groups is 1. The minimum Gasteiger partial charge on any atom is -0.344 e. The second-order valence-electron chi connectivity index (χ2n) is 5.32. The van der Waals surface area contributed by atoms with Gasteiger partial charge in [-0.25, -0.2) is 0 Å². The maximum atomic E-state index is 12.0. The van der Waals surface area contributed by atoms with E-state index in [-0.39, 0.29) is 11.9 Å². The van der Waals surface area contributed by atoms with Crippen molar-refractivity contribution in [3.05, 3.63) is 0 Å². The second-order valence-corrected chi connectivity index (χ2v) is 5.32. The summed E-state index contributed by atoms with van der Waals surface area (Å²) < 4.78 is 0. The van der Waals surface area contributed by atoms with Gasteiger partial charge in [-0.3, -0.25) is 9.69 Å². The van der Waals surface area contributed by atoms with E-state index in [1.807, 2.05) is 11.9 Å². The molecule has 16 heavy (non-hydrogen) atoms. The molecular weight excluding hydrogens is 202 g/mol. The van der Waals surface area contributed by atoms with Gasteiger partial charge in [0.05, 0.1) is 6.04 Å². The number of nitrogens with zero attached hydrogens (tertiary/aromatic N) is 2. The van der Waals surface area contributed by atoms with E-state index < -0.39 is 0 Å². The maximum absolute atomic E-state index is 12.0. The molecule has 2 aliphatic heterocycles. The Morgan fingerprint density at radius 3 is 2.69 bits per heavy atom. The minimum absolute atomic E-state index is 0.103. The maximum Gasteiger partial charge on any atom is 0.239 e. The van der Waals surface area contributed by atoms with Crippen LogP contribution in [-0.4, -0.2) is 54.5 Å². The van der Waals surface area contributed by atoms with Crippen molar-refractivity contribution in [3.63, 3.8) is 0 Å². The predicted octanol–water partition coefficient (Wildman–Crippen LogP) is 0.276. The van der Waals surface area contributed by atoms with Crippen molar-refractivity contribution in [3.8, 4) is 0 Å². The third kappa shape index (κ3) is 2.09. The summed E-state index contributed by atoms with van der Waals surface area (Å²) in [7, 11) is 1.90. The Hall–Kier alpha value is -0.610. The standard InChI is InChI=1S/C12H23N3O/c1-9-3-6-15(10(7-9)8-13)11-4-5-14(2)12(11)16/h9-11H,3-8,13H2,1-2H3. The summed E-state index contributed by atoms with van der Waals surface area (Å²) in [5.74, 6) is 1.03. The fraction of sp³-hybridized carbons (Fsp3) is 0.917. The summed E-state index contributed by atoms with van der Waals surface area (Å²) in [5, 5.41) is 0. The van der Waals surface area contributed by atoms with Crippen LogP contribution < -0.4 is 5.73 Å². The SMILES string of the molecule is CC1CCN(C2CCN(C)C2=O)C(CN)C1. The summed E-state index contributed by atoms with van der Waals surface area (Å²) in [6, 6.07) is 0.509. The van der Waals surface area contributed by atoms with Crippen LogP contribution in [0, 0.1) is 5.92 Å². The summed E-state index contributed by atoms with van der Waals surface area (Å²) >= 11 is 0. The Morgan fingerprint density at radius 2 is 2.12 bits per heavy atom. The first-order valence-electron chi connectivity index (χ1n) is 6.34. The zero-order valence-corrected chi connectivity index (χ0v) is 10.4. The highest BCUT2D eigenvalue weighted by Crippen LogP contribution is 2.27. The van der Waals surface area contributed by atoms with Crippen molar-refractivity contribution < 1.29 is 4.79 Å². The van der Waals surface area contributed by atoms with Gasteiger partial charge in [0.25, 0.3) is 0 Å². The second kappa shape index (κ2) is 4.72. The van der Waals surface area contributed by atoms with E-state index in [0.717, 1.165) is 31.8 Å². The van der Waals surface area contributed by atoms with Gasteiger partial charge in [-0.05, 0) is 31.7 Å². The molecule has 4 heteroatoms. The Kier molecular flexibility index (Phi) is 3.50. The molecule has 3 unspecified atom stereocenters. The minimum atomic E-state index is 0.103. The van der Waals surface area contributed by atoms with Gasteiger partial charge in [-0.1, -0.05) is 6.92 Å². The average molecular weight is 225 g/mol. The number of piperidine rings is 1. The first-order valence-corrected chi connectivity index (χ1v) is 6.34. The van der Waals surface area contributed by atoms with E-state index in [9.17, 15) is 4.79 Å². The van der Waals surface area contributed by atoms with Crippen LogP contribution in [0.3, 0.4) is 0 Å². The lowest BCUT2D eigenvalue weighted by Crippen LogP contribution is -2.53. The van der Waals surface area contributed by atoms with Gasteiger partial charge in [-0.2, -0.15) is 0 Å². The third-order valence-corrected chi connectivity index (χ3v) is 4.10. The van der Waals surface area contributed by atoms with Crippen molar-refractivity contribution in [1.82, 2.24) is 9.80 Å². The molecule has 0 aromatic heterocycles. The molecule has 1 amide bonds. The molecule has 2 saturated heterocycles. The Bertz CT molecular complexity index is 269. The summed E-state index contributed by atoms with van der Waals surface area (Å²) in [6.07, 6.45) is 3.31. The van der Waals surface area contributed by atoms with Gasteiger partial charge >= 0.3 is 0 Å². The largest absolute Gasteiger partial charge is 0.344 e. The van der Waals surface area contributed by atoms with Crippen LogP contribution in [0.15, 0.2) is 0 Å². The molecule has 2 aliphatic rings. The monoisotopic (exact) mass is 225 g/mol. The highest BCUT2D eigenvalue weighted by atomic mass is 16.2. The van der Waals surface area contributed by atoms with Crippen molar-refractivity contribution >= 4 is 5.91 Å². The highest BCUT2D eigenvalue weighted by Gasteiger charge is 2.38.